The van der Waals surface area contributed by atoms with Gasteiger partial charge in [0.05, 0.1) is 0 Å². The Labute approximate surface area is 102 Å². The lowest BCUT2D eigenvalue weighted by molar-refractivity contribution is 0.426. The maximum absolute atomic E-state index is 6.02. The number of hydrogen-bond acceptors (Lipinski definition) is 4. The van der Waals surface area contributed by atoms with Gasteiger partial charge in [-0.2, -0.15) is 0 Å². The Morgan fingerprint density at radius 3 is 3.06 bits per heavy atom. The summed E-state index contributed by atoms with van der Waals surface area (Å²) < 4.78 is 0. The van der Waals surface area contributed by atoms with Gasteiger partial charge < -0.3 is 10.6 Å². The van der Waals surface area contributed by atoms with Crippen molar-refractivity contribution in [3.05, 3.63) is 17.6 Å². The Kier molecular flexibility index (Phi) is 2.74. The summed E-state index contributed by atoms with van der Waals surface area (Å²) in [6, 6.07) is 0.856. The molecule has 1 aromatic rings. The summed E-state index contributed by atoms with van der Waals surface area (Å²) in [6.07, 6.45) is 7.35. The molecule has 2 unspecified atom stereocenters. The van der Waals surface area contributed by atoms with Crippen LogP contribution < -0.4 is 10.6 Å². The van der Waals surface area contributed by atoms with Crippen molar-refractivity contribution in [3.63, 3.8) is 0 Å². The van der Waals surface area contributed by atoms with E-state index in [9.17, 15) is 0 Å². The number of anilines is 1. The standard InChI is InChI=1S/C13H20N4/c1-9-7-10(14)5-6-17(9)13-11-3-2-4-12(11)15-8-16-13/h8-10H,2-7,14H2,1H3. The zero-order valence-corrected chi connectivity index (χ0v) is 10.4. The molecule has 0 amide bonds. The Bertz CT molecular complexity index is 418. The second-order valence-corrected chi connectivity index (χ2v) is 5.30. The molecule has 17 heavy (non-hydrogen) atoms. The van der Waals surface area contributed by atoms with Gasteiger partial charge in [-0.1, -0.05) is 0 Å². The summed E-state index contributed by atoms with van der Waals surface area (Å²) in [4.78, 5) is 11.3. The molecule has 2 aliphatic rings. The van der Waals surface area contributed by atoms with E-state index in [2.05, 4.69) is 21.8 Å². The van der Waals surface area contributed by atoms with Crippen molar-refractivity contribution in [2.24, 2.45) is 5.73 Å². The summed E-state index contributed by atoms with van der Waals surface area (Å²) in [5.74, 6) is 1.17. The average Bonchev–Trinajstić information content (AvgIpc) is 2.77. The summed E-state index contributed by atoms with van der Waals surface area (Å²) in [5.41, 5.74) is 8.66. The lowest BCUT2D eigenvalue weighted by atomic mass is 9.98. The summed E-state index contributed by atoms with van der Waals surface area (Å²) >= 11 is 0. The van der Waals surface area contributed by atoms with Crippen molar-refractivity contribution in [2.45, 2.75) is 51.1 Å². The molecule has 4 heteroatoms. The number of aromatic nitrogens is 2. The van der Waals surface area contributed by atoms with Gasteiger partial charge >= 0.3 is 0 Å². The average molecular weight is 232 g/mol. The first-order valence-electron chi connectivity index (χ1n) is 6.60. The molecule has 0 bridgehead atoms. The number of rotatable bonds is 1. The van der Waals surface area contributed by atoms with E-state index in [4.69, 9.17) is 5.73 Å². The molecule has 2 heterocycles. The van der Waals surface area contributed by atoms with Crippen molar-refractivity contribution in [3.8, 4) is 0 Å². The Morgan fingerprint density at radius 1 is 1.35 bits per heavy atom. The molecule has 4 nitrogen and oxygen atoms in total. The molecule has 1 aliphatic carbocycles. The van der Waals surface area contributed by atoms with E-state index >= 15 is 0 Å². The second kappa shape index (κ2) is 4.26. The molecule has 3 rings (SSSR count). The normalized spacial score (nSPS) is 28.2. The highest BCUT2D eigenvalue weighted by Crippen LogP contribution is 2.31. The fourth-order valence-electron chi connectivity index (χ4n) is 3.11. The molecule has 1 aromatic heterocycles. The van der Waals surface area contributed by atoms with Gasteiger partial charge in [0.15, 0.2) is 0 Å². The van der Waals surface area contributed by atoms with Crippen LogP contribution >= 0.6 is 0 Å². The number of piperidine rings is 1. The molecular formula is C13H20N4. The lowest BCUT2D eigenvalue weighted by Crippen LogP contribution is -2.46. The molecule has 0 saturated carbocycles. The number of fused-ring (bicyclic) bond motifs is 1. The maximum Gasteiger partial charge on any atom is 0.135 e. The minimum atomic E-state index is 0.358. The van der Waals surface area contributed by atoms with Crippen LogP contribution in [0.1, 0.15) is 37.4 Å². The van der Waals surface area contributed by atoms with Crippen molar-refractivity contribution >= 4 is 5.82 Å². The first-order chi connectivity index (χ1) is 8.25. The van der Waals surface area contributed by atoms with Crippen LogP contribution in [0.15, 0.2) is 6.33 Å². The first-order valence-corrected chi connectivity index (χ1v) is 6.60. The minimum Gasteiger partial charge on any atom is -0.353 e. The SMILES string of the molecule is CC1CC(N)CCN1c1ncnc2c1CCC2. The highest BCUT2D eigenvalue weighted by molar-refractivity contribution is 5.51. The van der Waals surface area contributed by atoms with Gasteiger partial charge in [0.2, 0.25) is 0 Å². The second-order valence-electron chi connectivity index (χ2n) is 5.30. The van der Waals surface area contributed by atoms with Crippen molar-refractivity contribution < 1.29 is 0 Å². The molecule has 0 aromatic carbocycles. The fraction of sp³-hybridized carbons (Fsp3) is 0.692. The van der Waals surface area contributed by atoms with Crippen LogP contribution in [0.2, 0.25) is 0 Å². The number of hydrogen-bond donors (Lipinski definition) is 1. The third-order valence-electron chi connectivity index (χ3n) is 4.04. The zero-order chi connectivity index (χ0) is 11.8. The molecule has 2 atom stereocenters. The van der Waals surface area contributed by atoms with Crippen LogP contribution in [-0.2, 0) is 12.8 Å². The van der Waals surface area contributed by atoms with Crippen molar-refractivity contribution in [1.82, 2.24) is 9.97 Å². The number of nitrogens with two attached hydrogens (primary N) is 1. The Morgan fingerprint density at radius 2 is 2.24 bits per heavy atom. The van der Waals surface area contributed by atoms with Gasteiger partial charge in [-0.05, 0) is 39.0 Å². The number of aryl methyl sites for hydroxylation is 1. The predicted octanol–water partition coefficient (Wildman–Crippen LogP) is 1.28. The van der Waals surface area contributed by atoms with Crippen LogP contribution in [0.4, 0.5) is 5.82 Å². The summed E-state index contributed by atoms with van der Waals surface area (Å²) in [6.45, 7) is 3.29. The molecular weight excluding hydrogens is 212 g/mol. The molecule has 0 spiro atoms. The van der Waals surface area contributed by atoms with Gasteiger partial charge in [0, 0.05) is 29.9 Å². The Balaban J connectivity index is 1.91. The van der Waals surface area contributed by atoms with Gasteiger partial charge in [-0.15, -0.1) is 0 Å². The van der Waals surface area contributed by atoms with Crippen LogP contribution in [0.3, 0.4) is 0 Å². The molecule has 1 saturated heterocycles. The molecule has 2 N–H and O–H groups in total. The molecule has 92 valence electrons. The highest BCUT2D eigenvalue weighted by atomic mass is 15.2. The van der Waals surface area contributed by atoms with Gasteiger partial charge in [0.25, 0.3) is 0 Å². The molecule has 1 fully saturated rings. The zero-order valence-electron chi connectivity index (χ0n) is 10.4. The van der Waals surface area contributed by atoms with E-state index in [-0.39, 0.29) is 0 Å². The van der Waals surface area contributed by atoms with E-state index in [0.29, 0.717) is 12.1 Å². The van der Waals surface area contributed by atoms with Crippen molar-refractivity contribution in [1.29, 1.82) is 0 Å². The van der Waals surface area contributed by atoms with E-state index in [1.54, 1.807) is 6.33 Å². The van der Waals surface area contributed by atoms with E-state index in [1.807, 2.05) is 0 Å². The fourth-order valence-corrected chi connectivity index (χ4v) is 3.11. The van der Waals surface area contributed by atoms with Crippen LogP contribution in [0, 0.1) is 0 Å². The smallest absolute Gasteiger partial charge is 0.135 e. The van der Waals surface area contributed by atoms with Crippen LogP contribution in [0.5, 0.6) is 0 Å². The highest BCUT2D eigenvalue weighted by Gasteiger charge is 2.28. The third-order valence-corrected chi connectivity index (χ3v) is 4.04. The van der Waals surface area contributed by atoms with E-state index in [1.165, 1.54) is 23.5 Å². The molecule has 1 aliphatic heterocycles. The molecule has 0 radical (unpaired) electrons. The quantitative estimate of drug-likeness (QED) is 0.792. The van der Waals surface area contributed by atoms with Crippen LogP contribution in [0.25, 0.3) is 0 Å². The monoisotopic (exact) mass is 232 g/mol. The van der Waals surface area contributed by atoms with E-state index in [0.717, 1.165) is 32.2 Å². The summed E-state index contributed by atoms with van der Waals surface area (Å²) in [5, 5.41) is 0. The van der Waals surface area contributed by atoms with Crippen LogP contribution in [-0.4, -0.2) is 28.6 Å². The van der Waals surface area contributed by atoms with Gasteiger partial charge in [0.1, 0.15) is 12.1 Å². The minimum absolute atomic E-state index is 0.358. The summed E-state index contributed by atoms with van der Waals surface area (Å²) in [7, 11) is 0. The largest absolute Gasteiger partial charge is 0.353 e. The van der Waals surface area contributed by atoms with Crippen molar-refractivity contribution in [2.75, 3.05) is 11.4 Å². The first kappa shape index (κ1) is 11.0. The lowest BCUT2D eigenvalue weighted by Gasteiger charge is -2.38. The predicted molar refractivity (Wildman–Crippen MR) is 68.1 cm³/mol. The number of nitrogens with zero attached hydrogens (tertiary/aromatic N) is 3. The van der Waals surface area contributed by atoms with Gasteiger partial charge in [-0.3, -0.25) is 0 Å². The topological polar surface area (TPSA) is 55.0 Å². The van der Waals surface area contributed by atoms with E-state index < -0.39 is 0 Å². The van der Waals surface area contributed by atoms with Gasteiger partial charge in [-0.25, -0.2) is 9.97 Å². The third kappa shape index (κ3) is 1.90. The Hall–Kier alpha value is -1.16. The maximum atomic E-state index is 6.02.